The minimum atomic E-state index is -3.60. The van der Waals surface area contributed by atoms with Crippen LogP contribution in [-0.4, -0.2) is 48.7 Å². The van der Waals surface area contributed by atoms with E-state index >= 15 is 0 Å². The van der Waals surface area contributed by atoms with E-state index in [0.29, 0.717) is 46.6 Å². The molecule has 0 spiro atoms. The summed E-state index contributed by atoms with van der Waals surface area (Å²) < 4.78 is 38.5. The molecule has 5 rings (SSSR count). The predicted octanol–water partition coefficient (Wildman–Crippen LogP) is 3.40. The number of anilines is 1. The molecule has 1 saturated heterocycles. The van der Waals surface area contributed by atoms with Crippen molar-refractivity contribution in [2.75, 3.05) is 25.2 Å². The van der Waals surface area contributed by atoms with Gasteiger partial charge in [0.05, 0.1) is 4.90 Å². The number of hydrogen-bond acceptors (Lipinski definition) is 8. The Hall–Kier alpha value is -3.02. The monoisotopic (exact) mass is 486 g/mol. The van der Waals surface area contributed by atoms with Crippen LogP contribution in [0.4, 0.5) is 5.69 Å². The lowest BCUT2D eigenvalue weighted by Crippen LogP contribution is -2.39. The molecule has 0 radical (unpaired) electrons. The zero-order valence-corrected chi connectivity index (χ0v) is 19.5. The fraction of sp³-hybridized carbons (Fsp3) is 0.318. The Balaban J connectivity index is 1.29. The second-order valence-electron chi connectivity index (χ2n) is 7.94. The van der Waals surface area contributed by atoms with Crippen molar-refractivity contribution in [3.8, 4) is 11.5 Å². The highest BCUT2D eigenvalue weighted by Crippen LogP contribution is 2.35. The topological polar surface area (TPSA) is 111 Å². The Bertz CT molecular complexity index is 1310. The third kappa shape index (κ3) is 4.31. The molecule has 172 valence electrons. The number of piperidine rings is 1. The van der Waals surface area contributed by atoms with E-state index in [1.54, 1.807) is 43.3 Å². The molecule has 0 bridgehead atoms. The van der Waals surface area contributed by atoms with Gasteiger partial charge in [-0.3, -0.25) is 4.79 Å². The first-order chi connectivity index (χ1) is 15.9. The number of benzene rings is 2. The van der Waals surface area contributed by atoms with Gasteiger partial charge in [0.1, 0.15) is 5.01 Å². The third-order valence-corrected chi connectivity index (χ3v) is 8.82. The number of sulfonamides is 1. The van der Waals surface area contributed by atoms with E-state index in [0.717, 1.165) is 12.0 Å². The number of carbonyl (C=O) groups excluding carboxylic acids is 1. The summed E-state index contributed by atoms with van der Waals surface area (Å²) >= 11 is 1.19. The van der Waals surface area contributed by atoms with E-state index in [9.17, 15) is 13.2 Å². The SMILES string of the molecule is Cc1ccccc1S(=O)(=O)N1CCCC(c2nnc(C(=O)Nc3ccc4c(c3)OCO4)s2)C1. The highest BCUT2D eigenvalue weighted by atomic mass is 32.2. The van der Waals surface area contributed by atoms with Crippen molar-refractivity contribution >= 4 is 33.0 Å². The summed E-state index contributed by atoms with van der Waals surface area (Å²) in [4.78, 5) is 13.0. The van der Waals surface area contributed by atoms with Gasteiger partial charge < -0.3 is 14.8 Å². The molecule has 1 N–H and O–H groups in total. The van der Waals surface area contributed by atoms with Crippen LogP contribution in [0.1, 0.15) is 39.1 Å². The van der Waals surface area contributed by atoms with E-state index < -0.39 is 10.0 Å². The second-order valence-corrected chi connectivity index (χ2v) is 10.9. The summed E-state index contributed by atoms with van der Waals surface area (Å²) in [6.45, 7) is 2.73. The standard InChI is InChI=1S/C22H22N4O5S2/c1-14-5-2-3-7-19(14)33(28,29)26-10-4-6-15(12-26)21-24-25-22(32-21)20(27)23-16-8-9-17-18(11-16)31-13-30-17/h2-3,5,7-9,11,15H,4,6,10,12-13H2,1H3,(H,23,27). The number of ether oxygens (including phenoxy) is 2. The van der Waals surface area contributed by atoms with Crippen molar-refractivity contribution in [1.82, 2.24) is 14.5 Å². The van der Waals surface area contributed by atoms with Crippen molar-refractivity contribution in [3.63, 3.8) is 0 Å². The van der Waals surface area contributed by atoms with E-state index in [1.165, 1.54) is 15.6 Å². The summed E-state index contributed by atoms with van der Waals surface area (Å²) in [5.74, 6) is 0.719. The van der Waals surface area contributed by atoms with Crippen LogP contribution in [0.15, 0.2) is 47.4 Å². The van der Waals surface area contributed by atoms with Gasteiger partial charge in [-0.15, -0.1) is 10.2 Å². The first-order valence-corrected chi connectivity index (χ1v) is 12.8. The Kier molecular flexibility index (Phi) is 5.77. The number of rotatable bonds is 5. The molecule has 3 heterocycles. The molecule has 33 heavy (non-hydrogen) atoms. The second kappa shape index (κ2) is 8.73. The van der Waals surface area contributed by atoms with Crippen LogP contribution in [0.25, 0.3) is 0 Å². The number of amides is 1. The number of fused-ring (bicyclic) bond motifs is 1. The van der Waals surface area contributed by atoms with E-state index in [-0.39, 0.29) is 23.6 Å². The van der Waals surface area contributed by atoms with Gasteiger partial charge in [-0.05, 0) is 43.5 Å². The largest absolute Gasteiger partial charge is 0.454 e. The summed E-state index contributed by atoms with van der Waals surface area (Å²) in [6, 6.07) is 12.1. The Morgan fingerprint density at radius 1 is 1.15 bits per heavy atom. The normalized spacial score (nSPS) is 18.3. The molecule has 9 nitrogen and oxygen atoms in total. The highest BCUT2D eigenvalue weighted by Gasteiger charge is 2.33. The molecular weight excluding hydrogens is 464 g/mol. The average molecular weight is 487 g/mol. The average Bonchev–Trinajstić information content (AvgIpc) is 3.49. The predicted molar refractivity (Wildman–Crippen MR) is 122 cm³/mol. The summed E-state index contributed by atoms with van der Waals surface area (Å²) in [7, 11) is -3.60. The van der Waals surface area contributed by atoms with Gasteiger partial charge in [0.2, 0.25) is 21.8 Å². The lowest BCUT2D eigenvalue weighted by molar-refractivity contribution is 0.102. The fourth-order valence-electron chi connectivity index (χ4n) is 4.00. The van der Waals surface area contributed by atoms with E-state index in [4.69, 9.17) is 9.47 Å². The molecule has 0 saturated carbocycles. The Morgan fingerprint density at radius 3 is 2.82 bits per heavy atom. The number of nitrogens with zero attached hydrogens (tertiary/aromatic N) is 3. The van der Waals surface area contributed by atoms with Gasteiger partial charge in [0.25, 0.3) is 5.91 Å². The Morgan fingerprint density at radius 2 is 1.97 bits per heavy atom. The summed E-state index contributed by atoms with van der Waals surface area (Å²) in [5.41, 5.74) is 1.28. The first-order valence-electron chi connectivity index (χ1n) is 10.5. The zero-order chi connectivity index (χ0) is 23.0. The zero-order valence-electron chi connectivity index (χ0n) is 17.9. The maximum absolute atomic E-state index is 13.2. The number of aryl methyl sites for hydroxylation is 1. The number of carbonyl (C=O) groups is 1. The molecule has 1 unspecified atom stereocenters. The fourth-order valence-corrected chi connectivity index (χ4v) is 6.61. The molecule has 0 aliphatic carbocycles. The van der Waals surface area contributed by atoms with Crippen LogP contribution in [0.3, 0.4) is 0 Å². The Labute approximate surface area is 195 Å². The molecule has 3 aromatic rings. The van der Waals surface area contributed by atoms with Crippen molar-refractivity contribution in [2.24, 2.45) is 0 Å². The number of hydrogen-bond donors (Lipinski definition) is 1. The quantitative estimate of drug-likeness (QED) is 0.588. The van der Waals surface area contributed by atoms with Gasteiger partial charge in [0.15, 0.2) is 11.5 Å². The number of nitrogens with one attached hydrogen (secondary N) is 1. The van der Waals surface area contributed by atoms with Gasteiger partial charge in [0, 0.05) is 30.8 Å². The molecule has 1 aromatic heterocycles. The lowest BCUT2D eigenvalue weighted by Gasteiger charge is -2.31. The molecule has 11 heteroatoms. The molecule has 2 aliphatic rings. The van der Waals surface area contributed by atoms with Gasteiger partial charge in [-0.1, -0.05) is 29.5 Å². The molecule has 1 amide bonds. The van der Waals surface area contributed by atoms with Crippen LogP contribution in [-0.2, 0) is 10.0 Å². The van der Waals surface area contributed by atoms with E-state index in [2.05, 4.69) is 15.5 Å². The van der Waals surface area contributed by atoms with Gasteiger partial charge in [-0.2, -0.15) is 4.31 Å². The highest BCUT2D eigenvalue weighted by molar-refractivity contribution is 7.89. The molecular formula is C22H22N4O5S2. The van der Waals surface area contributed by atoms with Crippen LogP contribution < -0.4 is 14.8 Å². The maximum Gasteiger partial charge on any atom is 0.286 e. The van der Waals surface area contributed by atoms with E-state index in [1.807, 2.05) is 6.07 Å². The van der Waals surface area contributed by atoms with Crippen molar-refractivity contribution in [2.45, 2.75) is 30.6 Å². The van der Waals surface area contributed by atoms with Crippen molar-refractivity contribution < 1.29 is 22.7 Å². The molecule has 1 fully saturated rings. The van der Waals surface area contributed by atoms with Gasteiger partial charge >= 0.3 is 0 Å². The third-order valence-electron chi connectivity index (χ3n) is 5.71. The maximum atomic E-state index is 13.2. The van der Waals surface area contributed by atoms with Crippen LogP contribution in [0.5, 0.6) is 11.5 Å². The minimum absolute atomic E-state index is 0.109. The summed E-state index contributed by atoms with van der Waals surface area (Å²) in [5, 5.41) is 11.9. The van der Waals surface area contributed by atoms with Crippen molar-refractivity contribution in [3.05, 3.63) is 58.0 Å². The molecule has 2 aromatic carbocycles. The van der Waals surface area contributed by atoms with Crippen LogP contribution in [0, 0.1) is 6.92 Å². The van der Waals surface area contributed by atoms with Crippen LogP contribution >= 0.6 is 11.3 Å². The van der Waals surface area contributed by atoms with Gasteiger partial charge in [-0.25, -0.2) is 8.42 Å². The molecule has 1 atom stereocenters. The van der Waals surface area contributed by atoms with Crippen molar-refractivity contribution in [1.29, 1.82) is 0 Å². The number of aromatic nitrogens is 2. The first kappa shape index (κ1) is 21.8. The lowest BCUT2D eigenvalue weighted by atomic mass is 10.0. The minimum Gasteiger partial charge on any atom is -0.454 e. The smallest absolute Gasteiger partial charge is 0.286 e. The molecule has 2 aliphatic heterocycles. The van der Waals surface area contributed by atoms with Crippen LogP contribution in [0.2, 0.25) is 0 Å². The summed E-state index contributed by atoms with van der Waals surface area (Å²) in [6.07, 6.45) is 1.51.